The third-order valence-electron chi connectivity index (χ3n) is 6.25. The number of amides is 3. The number of benzene rings is 1. The average molecular weight is 525 g/mol. The highest BCUT2D eigenvalue weighted by Gasteiger charge is 2.32. The first-order valence-electron chi connectivity index (χ1n) is 11.8. The summed E-state index contributed by atoms with van der Waals surface area (Å²) in [7, 11) is 0. The van der Waals surface area contributed by atoms with Gasteiger partial charge >= 0.3 is 12.2 Å². The molecule has 1 saturated carbocycles. The van der Waals surface area contributed by atoms with Crippen LogP contribution < -0.4 is 21.7 Å². The van der Waals surface area contributed by atoms with Gasteiger partial charge in [-0.15, -0.1) is 0 Å². The van der Waals surface area contributed by atoms with E-state index in [2.05, 4.69) is 31.0 Å². The van der Waals surface area contributed by atoms with E-state index in [0.29, 0.717) is 27.9 Å². The van der Waals surface area contributed by atoms with Crippen molar-refractivity contribution < 1.29 is 22.8 Å². The first-order valence-corrected chi connectivity index (χ1v) is 11.8. The summed E-state index contributed by atoms with van der Waals surface area (Å²) in [4.78, 5) is 33.0. The zero-order valence-electron chi connectivity index (χ0n) is 19.9. The lowest BCUT2D eigenvalue weighted by Crippen LogP contribution is -2.32. The molecule has 3 amide bonds. The average Bonchev–Trinajstić information content (AvgIpc) is 3.53. The molecule has 3 aromatic heterocycles. The van der Waals surface area contributed by atoms with E-state index >= 15 is 0 Å². The normalized spacial score (nSPS) is 14.0. The van der Waals surface area contributed by atoms with Gasteiger partial charge in [-0.1, -0.05) is 31.0 Å². The van der Waals surface area contributed by atoms with E-state index in [1.807, 2.05) is 0 Å². The predicted molar refractivity (Wildman–Crippen MR) is 134 cm³/mol. The second kappa shape index (κ2) is 10.00. The fourth-order valence-electron chi connectivity index (χ4n) is 4.49. The highest BCUT2D eigenvalue weighted by molar-refractivity contribution is 6.07. The summed E-state index contributed by atoms with van der Waals surface area (Å²) in [6, 6.07) is 9.12. The molecule has 196 valence electrons. The summed E-state index contributed by atoms with van der Waals surface area (Å²) in [5.41, 5.74) is 7.42. The number of hydrogen-bond donors (Lipinski definition) is 4. The van der Waals surface area contributed by atoms with Crippen LogP contribution in [0.3, 0.4) is 0 Å². The topological polar surface area (TPSA) is 139 Å². The molecule has 1 aliphatic carbocycles. The summed E-state index contributed by atoms with van der Waals surface area (Å²) in [6.07, 6.45) is 2.27. The molecular weight excluding hydrogens is 501 g/mol. The van der Waals surface area contributed by atoms with Gasteiger partial charge in [0.15, 0.2) is 5.82 Å². The van der Waals surface area contributed by atoms with Crippen LogP contribution >= 0.6 is 0 Å². The largest absolute Gasteiger partial charge is 0.433 e. The second-order valence-corrected chi connectivity index (χ2v) is 8.87. The number of carbonyl (C=O) groups excluding carboxylic acids is 2. The quantitative estimate of drug-likeness (QED) is 0.298. The molecule has 38 heavy (non-hydrogen) atoms. The molecule has 13 heteroatoms. The number of fused-ring (bicyclic) bond motifs is 1. The third-order valence-corrected chi connectivity index (χ3v) is 6.25. The number of pyridine rings is 1. The van der Waals surface area contributed by atoms with Crippen LogP contribution in [0.4, 0.5) is 35.3 Å². The lowest BCUT2D eigenvalue weighted by Gasteiger charge is -2.13. The molecule has 0 atom stereocenters. The zero-order chi connectivity index (χ0) is 26.9. The Hall–Kier alpha value is -4.68. The fourth-order valence-corrected chi connectivity index (χ4v) is 4.49. The number of anilines is 3. The van der Waals surface area contributed by atoms with E-state index in [1.54, 1.807) is 30.5 Å². The molecule has 0 radical (unpaired) electrons. The molecule has 0 saturated heterocycles. The molecule has 10 nitrogen and oxygen atoms in total. The van der Waals surface area contributed by atoms with Crippen molar-refractivity contribution in [2.45, 2.75) is 37.9 Å². The van der Waals surface area contributed by atoms with Gasteiger partial charge in [-0.25, -0.2) is 19.3 Å². The third kappa shape index (κ3) is 5.21. The molecule has 1 aliphatic rings. The molecule has 0 unspecified atom stereocenters. The van der Waals surface area contributed by atoms with Gasteiger partial charge in [-0.05, 0) is 42.7 Å². The fraction of sp³-hybridized carbons (Fsp3) is 0.240. The number of nitrogens with one attached hydrogen (secondary N) is 3. The number of alkyl halides is 3. The summed E-state index contributed by atoms with van der Waals surface area (Å²) in [5, 5.41) is 12.1. The van der Waals surface area contributed by atoms with Crippen molar-refractivity contribution in [3.05, 3.63) is 66.2 Å². The van der Waals surface area contributed by atoms with Crippen molar-refractivity contribution in [1.29, 1.82) is 0 Å². The summed E-state index contributed by atoms with van der Waals surface area (Å²) in [5.74, 6) is -0.292. The van der Waals surface area contributed by atoms with Crippen molar-refractivity contribution >= 4 is 34.8 Å². The lowest BCUT2D eigenvalue weighted by molar-refractivity contribution is -0.141. The maximum atomic E-state index is 13.2. The molecular formula is C25H23F3N8O2. The number of nitrogens with two attached hydrogens (primary N) is 1. The molecule has 1 fully saturated rings. The Morgan fingerprint density at radius 2 is 1.76 bits per heavy atom. The summed E-state index contributed by atoms with van der Waals surface area (Å²) in [6.45, 7) is 0. The molecule has 4 aromatic rings. The van der Waals surface area contributed by atoms with Crippen molar-refractivity contribution in [3.8, 4) is 11.1 Å². The molecule has 0 spiro atoms. The van der Waals surface area contributed by atoms with Gasteiger partial charge in [0.1, 0.15) is 23.4 Å². The monoisotopic (exact) mass is 524 g/mol. The van der Waals surface area contributed by atoms with Gasteiger partial charge in [0.05, 0.1) is 5.56 Å². The van der Waals surface area contributed by atoms with E-state index in [4.69, 9.17) is 5.73 Å². The van der Waals surface area contributed by atoms with Gasteiger partial charge in [0, 0.05) is 23.5 Å². The Kier molecular flexibility index (Phi) is 6.57. The number of aromatic nitrogens is 4. The van der Waals surface area contributed by atoms with Gasteiger partial charge in [0.25, 0.3) is 5.91 Å². The SMILES string of the molecule is Nc1ncnn2cc(C(=O)NC3CCCC3)c(-c3ccc(NC(=O)Nc4cccc(C(F)(F)F)n4)cc3)c12. The summed E-state index contributed by atoms with van der Waals surface area (Å²) >= 11 is 0. The van der Waals surface area contributed by atoms with Gasteiger partial charge in [0.2, 0.25) is 0 Å². The number of carbonyl (C=O) groups is 2. The van der Waals surface area contributed by atoms with Gasteiger partial charge in [-0.2, -0.15) is 18.3 Å². The lowest BCUT2D eigenvalue weighted by atomic mass is 10.0. The minimum absolute atomic E-state index is 0.109. The molecule has 1 aromatic carbocycles. The van der Waals surface area contributed by atoms with E-state index < -0.39 is 17.9 Å². The van der Waals surface area contributed by atoms with E-state index in [1.165, 1.54) is 16.9 Å². The highest BCUT2D eigenvalue weighted by atomic mass is 19.4. The van der Waals surface area contributed by atoms with Crippen molar-refractivity contribution in [2.24, 2.45) is 0 Å². The van der Waals surface area contributed by atoms with Crippen LogP contribution in [0.5, 0.6) is 0 Å². The van der Waals surface area contributed by atoms with Crippen molar-refractivity contribution in [3.63, 3.8) is 0 Å². The zero-order valence-corrected chi connectivity index (χ0v) is 19.9. The van der Waals surface area contributed by atoms with Crippen LogP contribution in [0, 0.1) is 0 Å². The first-order chi connectivity index (χ1) is 18.2. The highest BCUT2D eigenvalue weighted by Crippen LogP contribution is 2.33. The number of halogens is 3. The van der Waals surface area contributed by atoms with E-state index in [9.17, 15) is 22.8 Å². The van der Waals surface area contributed by atoms with Crippen LogP contribution in [-0.2, 0) is 6.18 Å². The molecule has 0 bridgehead atoms. The Bertz CT molecular complexity index is 1500. The van der Waals surface area contributed by atoms with E-state index in [-0.39, 0.29) is 23.6 Å². The van der Waals surface area contributed by atoms with Crippen LogP contribution in [0.15, 0.2) is 55.0 Å². The summed E-state index contributed by atoms with van der Waals surface area (Å²) < 4.78 is 40.1. The minimum atomic E-state index is -4.63. The Labute approximate surface area is 214 Å². The second-order valence-electron chi connectivity index (χ2n) is 8.87. The standard InChI is InChI=1S/C25H23F3N8O2/c26-25(27,28)18-6-3-7-19(34-18)35-24(38)33-16-10-8-14(9-11-16)20-17(23(37)32-15-4-1-2-5-15)12-36-21(20)22(29)30-13-31-36/h3,6-13,15H,1-2,4-5H2,(H,32,37)(H2,29,30,31)(H2,33,34,35,38). The molecule has 5 rings (SSSR count). The smallest absolute Gasteiger partial charge is 0.382 e. The van der Waals surface area contributed by atoms with Crippen molar-refractivity contribution in [1.82, 2.24) is 24.9 Å². The number of rotatable bonds is 5. The van der Waals surface area contributed by atoms with E-state index in [0.717, 1.165) is 37.8 Å². The number of nitrogens with zero attached hydrogens (tertiary/aromatic N) is 4. The maximum Gasteiger partial charge on any atom is 0.433 e. The Balaban J connectivity index is 1.37. The molecule has 0 aliphatic heterocycles. The predicted octanol–water partition coefficient (Wildman–Crippen LogP) is 4.71. The number of hydrogen-bond acceptors (Lipinski definition) is 6. The maximum absolute atomic E-state index is 13.2. The van der Waals surface area contributed by atoms with Gasteiger partial charge < -0.3 is 16.4 Å². The van der Waals surface area contributed by atoms with Gasteiger partial charge in [-0.3, -0.25) is 10.1 Å². The van der Waals surface area contributed by atoms with Crippen LogP contribution in [0.25, 0.3) is 16.6 Å². The molecule has 3 heterocycles. The minimum Gasteiger partial charge on any atom is -0.382 e. The van der Waals surface area contributed by atoms with Crippen LogP contribution in [-0.4, -0.2) is 37.6 Å². The molecule has 5 N–H and O–H groups in total. The Morgan fingerprint density at radius 1 is 1.03 bits per heavy atom. The van der Waals surface area contributed by atoms with Crippen LogP contribution in [0.1, 0.15) is 41.7 Å². The van der Waals surface area contributed by atoms with Crippen molar-refractivity contribution in [2.75, 3.05) is 16.4 Å². The van der Waals surface area contributed by atoms with Crippen LogP contribution in [0.2, 0.25) is 0 Å². The number of urea groups is 1. The number of nitrogen functional groups attached to an aromatic ring is 1. The first kappa shape index (κ1) is 25.0. The Morgan fingerprint density at radius 3 is 2.47 bits per heavy atom.